The van der Waals surface area contributed by atoms with E-state index in [1.807, 2.05) is 6.92 Å². The Hall–Kier alpha value is -2.65. The van der Waals surface area contributed by atoms with Crippen LogP contribution in [0.1, 0.15) is 38.3 Å². The molecule has 2 saturated heterocycles. The number of fused-ring (bicyclic) bond motifs is 1. The molecule has 0 radical (unpaired) electrons. The van der Waals surface area contributed by atoms with Crippen LogP contribution in [0.25, 0.3) is 0 Å². The zero-order valence-corrected chi connectivity index (χ0v) is 16.6. The molecule has 2 aliphatic heterocycles. The average Bonchev–Trinajstić information content (AvgIpc) is 3.16. The second-order valence-corrected chi connectivity index (χ2v) is 7.59. The van der Waals surface area contributed by atoms with Gasteiger partial charge in [0.05, 0.1) is 25.0 Å². The number of unbranched alkanes of at least 4 members (excludes halogenated alkanes) is 1. The Morgan fingerprint density at radius 2 is 2.03 bits per heavy atom. The van der Waals surface area contributed by atoms with Gasteiger partial charge in [0.25, 0.3) is 0 Å². The van der Waals surface area contributed by atoms with Crippen LogP contribution < -0.4 is 10.1 Å². The lowest BCUT2D eigenvalue weighted by atomic mass is 9.76. The molecule has 9 heteroatoms. The van der Waals surface area contributed by atoms with E-state index in [0.29, 0.717) is 12.0 Å². The van der Waals surface area contributed by atoms with Crippen molar-refractivity contribution in [3.05, 3.63) is 23.8 Å². The van der Waals surface area contributed by atoms with Gasteiger partial charge < -0.3 is 20.1 Å². The predicted molar refractivity (Wildman–Crippen MR) is 101 cm³/mol. The topological polar surface area (TPSA) is 136 Å². The van der Waals surface area contributed by atoms with Gasteiger partial charge in [0.1, 0.15) is 0 Å². The number of ether oxygens (including phenoxy) is 1. The summed E-state index contributed by atoms with van der Waals surface area (Å²) in [5.74, 6) is -4.61. The first-order chi connectivity index (χ1) is 13.7. The van der Waals surface area contributed by atoms with Gasteiger partial charge in [0.15, 0.2) is 17.0 Å². The van der Waals surface area contributed by atoms with Gasteiger partial charge in [-0.15, -0.1) is 0 Å². The molecule has 4 N–H and O–H groups in total. The third-order valence-corrected chi connectivity index (χ3v) is 6.00. The normalized spacial score (nSPS) is 29.8. The van der Waals surface area contributed by atoms with E-state index in [9.17, 15) is 29.7 Å². The molecule has 158 valence electrons. The fraction of sp³-hybridized carbons (Fsp3) is 0.550. The number of phenols is 1. The lowest BCUT2D eigenvalue weighted by molar-refractivity contribution is -0.156. The highest BCUT2D eigenvalue weighted by Gasteiger charge is 2.70. The van der Waals surface area contributed by atoms with Crippen molar-refractivity contribution in [2.75, 3.05) is 13.7 Å². The largest absolute Gasteiger partial charge is 0.504 e. The Balaban J connectivity index is 2.13. The molecule has 5 atom stereocenters. The van der Waals surface area contributed by atoms with Crippen molar-refractivity contribution < 1.29 is 34.4 Å². The Labute approximate surface area is 168 Å². The summed E-state index contributed by atoms with van der Waals surface area (Å²) in [5, 5.41) is 33.1. The minimum atomic E-state index is -2.01. The van der Waals surface area contributed by atoms with Crippen LogP contribution in [0.2, 0.25) is 0 Å². The number of hydrogen-bond acceptors (Lipinski definition) is 7. The number of phenolic OH excluding ortho intramolecular Hbond substituents is 1. The fourth-order valence-corrected chi connectivity index (χ4v) is 4.47. The monoisotopic (exact) mass is 406 g/mol. The number of carbonyl (C=O) groups excluding carboxylic acids is 2. The van der Waals surface area contributed by atoms with Crippen molar-refractivity contribution >= 4 is 17.8 Å². The Morgan fingerprint density at radius 3 is 2.59 bits per heavy atom. The van der Waals surface area contributed by atoms with E-state index in [-0.39, 0.29) is 18.0 Å². The molecule has 9 nitrogen and oxygen atoms in total. The number of hydrogen-bond donors (Lipinski definition) is 4. The van der Waals surface area contributed by atoms with Crippen LogP contribution in [0, 0.1) is 11.8 Å². The van der Waals surface area contributed by atoms with Crippen LogP contribution in [0.4, 0.5) is 0 Å². The van der Waals surface area contributed by atoms with Crippen molar-refractivity contribution in [1.29, 1.82) is 0 Å². The van der Waals surface area contributed by atoms with Gasteiger partial charge >= 0.3 is 5.97 Å². The molecule has 29 heavy (non-hydrogen) atoms. The Kier molecular flexibility index (Phi) is 5.55. The number of imide groups is 1. The lowest BCUT2D eigenvalue weighted by Gasteiger charge is -2.33. The maximum atomic E-state index is 13.2. The standard InChI is InChI=1S/C20H26N2O7/c1-4-5-8-22-17(25)14-15(18(22)26)20(10(2)23,19(27)28)21-16(14)11-6-7-12(24)13(9-11)29-3/h6-7,9-10,14-16,21,23-24H,4-5,8H2,1-3H3,(H,27,28). The molecule has 0 aliphatic carbocycles. The zero-order chi connectivity index (χ0) is 21.5. The number of rotatable bonds is 7. The van der Waals surface area contributed by atoms with Gasteiger partial charge in [-0.3, -0.25) is 24.6 Å². The van der Waals surface area contributed by atoms with Gasteiger partial charge in [-0.05, 0) is 31.0 Å². The Morgan fingerprint density at radius 1 is 1.34 bits per heavy atom. The van der Waals surface area contributed by atoms with Gasteiger partial charge in [-0.25, -0.2) is 0 Å². The molecule has 0 aromatic heterocycles. The third kappa shape index (κ3) is 3.05. The molecule has 0 saturated carbocycles. The van der Waals surface area contributed by atoms with Crippen LogP contribution in [-0.2, 0) is 14.4 Å². The summed E-state index contributed by atoms with van der Waals surface area (Å²) in [6.45, 7) is 3.43. The van der Waals surface area contributed by atoms with Crippen molar-refractivity contribution in [3.8, 4) is 11.5 Å². The lowest BCUT2D eigenvalue weighted by Crippen LogP contribution is -2.62. The molecule has 0 spiro atoms. The number of carboxylic acid groups (broad SMARTS) is 1. The SMILES string of the molecule is CCCCN1C(=O)C2C(c3ccc(O)c(OC)c3)NC(C(=O)O)(C(C)O)C2C1=O. The highest BCUT2D eigenvalue weighted by Crippen LogP contribution is 2.50. The molecular formula is C20H26N2O7. The fourth-order valence-electron chi connectivity index (χ4n) is 4.47. The maximum absolute atomic E-state index is 13.2. The quantitative estimate of drug-likeness (QED) is 0.485. The number of likely N-dealkylation sites (tertiary alicyclic amines) is 1. The first-order valence-electron chi connectivity index (χ1n) is 9.61. The molecule has 2 amide bonds. The molecule has 2 fully saturated rings. The second-order valence-electron chi connectivity index (χ2n) is 7.59. The number of aromatic hydroxyl groups is 1. The van der Waals surface area contributed by atoms with E-state index in [2.05, 4.69) is 5.32 Å². The van der Waals surface area contributed by atoms with E-state index >= 15 is 0 Å². The number of benzene rings is 1. The predicted octanol–water partition coefficient (Wildman–Crippen LogP) is 0.651. The van der Waals surface area contributed by atoms with Crippen molar-refractivity contribution in [1.82, 2.24) is 10.2 Å². The van der Waals surface area contributed by atoms with Crippen LogP contribution in [0.3, 0.4) is 0 Å². The van der Waals surface area contributed by atoms with Crippen LogP contribution in [-0.4, -0.2) is 63.3 Å². The summed E-state index contributed by atoms with van der Waals surface area (Å²) in [7, 11) is 1.37. The number of nitrogens with one attached hydrogen (secondary N) is 1. The van der Waals surface area contributed by atoms with Gasteiger partial charge in [-0.1, -0.05) is 19.4 Å². The molecular weight excluding hydrogens is 380 g/mol. The number of amides is 2. The summed E-state index contributed by atoms with van der Waals surface area (Å²) in [4.78, 5) is 39.6. The summed E-state index contributed by atoms with van der Waals surface area (Å²) in [6.07, 6.45) is -0.0556. The molecule has 2 aliphatic rings. The molecule has 3 rings (SSSR count). The van der Waals surface area contributed by atoms with E-state index in [4.69, 9.17) is 4.74 Å². The number of carbonyl (C=O) groups is 3. The maximum Gasteiger partial charge on any atom is 0.327 e. The molecule has 0 bridgehead atoms. The number of aliphatic carboxylic acids is 1. The average molecular weight is 406 g/mol. The van der Waals surface area contributed by atoms with Crippen molar-refractivity contribution in [2.45, 2.75) is 44.4 Å². The summed E-state index contributed by atoms with van der Waals surface area (Å²) in [5.41, 5.74) is -1.52. The highest BCUT2D eigenvalue weighted by molar-refractivity contribution is 6.09. The van der Waals surface area contributed by atoms with Crippen molar-refractivity contribution in [2.24, 2.45) is 11.8 Å². The highest BCUT2D eigenvalue weighted by atomic mass is 16.5. The van der Waals surface area contributed by atoms with E-state index < -0.39 is 47.3 Å². The summed E-state index contributed by atoms with van der Waals surface area (Å²) < 4.78 is 5.12. The first kappa shape index (κ1) is 21.1. The Bertz CT molecular complexity index is 840. The van der Waals surface area contributed by atoms with E-state index in [0.717, 1.165) is 11.3 Å². The minimum absolute atomic E-state index is 0.107. The minimum Gasteiger partial charge on any atom is -0.504 e. The number of nitrogens with zero attached hydrogens (tertiary/aromatic N) is 1. The zero-order valence-electron chi connectivity index (χ0n) is 16.6. The van der Waals surface area contributed by atoms with Crippen LogP contribution in [0.5, 0.6) is 11.5 Å². The molecule has 5 unspecified atom stereocenters. The smallest absolute Gasteiger partial charge is 0.327 e. The molecule has 1 aromatic rings. The van der Waals surface area contributed by atoms with Crippen LogP contribution in [0.15, 0.2) is 18.2 Å². The molecule has 1 aromatic carbocycles. The second kappa shape index (κ2) is 7.64. The molecule has 2 heterocycles. The summed E-state index contributed by atoms with van der Waals surface area (Å²) in [6, 6.07) is 3.57. The van der Waals surface area contributed by atoms with E-state index in [1.165, 1.54) is 26.2 Å². The van der Waals surface area contributed by atoms with Gasteiger partial charge in [0.2, 0.25) is 11.8 Å². The third-order valence-electron chi connectivity index (χ3n) is 6.00. The number of aliphatic hydroxyl groups is 1. The van der Waals surface area contributed by atoms with Gasteiger partial charge in [-0.2, -0.15) is 0 Å². The van der Waals surface area contributed by atoms with Crippen LogP contribution >= 0.6 is 0 Å². The number of carboxylic acids is 1. The van der Waals surface area contributed by atoms with Crippen molar-refractivity contribution in [3.63, 3.8) is 0 Å². The van der Waals surface area contributed by atoms with Gasteiger partial charge in [0, 0.05) is 12.6 Å². The van der Waals surface area contributed by atoms with E-state index in [1.54, 1.807) is 6.07 Å². The summed E-state index contributed by atoms with van der Waals surface area (Å²) >= 11 is 0. The number of aliphatic hydroxyl groups excluding tert-OH is 1. The number of methoxy groups -OCH3 is 1. The first-order valence-corrected chi connectivity index (χ1v) is 9.61.